The van der Waals surface area contributed by atoms with Crippen molar-refractivity contribution in [1.82, 2.24) is 4.98 Å². The van der Waals surface area contributed by atoms with E-state index >= 15 is 0 Å². The first kappa shape index (κ1) is 10.2. The van der Waals surface area contributed by atoms with Gasteiger partial charge in [0.2, 0.25) is 5.95 Å². The van der Waals surface area contributed by atoms with Crippen LogP contribution in [0, 0.1) is 5.95 Å². The third-order valence-electron chi connectivity index (χ3n) is 1.33. The standard InChI is InChI=1S/C7H3BrF3NO/c8-4-1-3(2-13)5(6(9)10)12-7(4)11/h1-2,6H. The summed E-state index contributed by atoms with van der Waals surface area (Å²) >= 11 is 2.73. The molecular formula is C7H3BrF3NO. The zero-order valence-electron chi connectivity index (χ0n) is 6.10. The van der Waals surface area contributed by atoms with E-state index in [1.807, 2.05) is 0 Å². The summed E-state index contributed by atoms with van der Waals surface area (Å²) in [7, 11) is 0. The minimum Gasteiger partial charge on any atom is -0.298 e. The summed E-state index contributed by atoms with van der Waals surface area (Å²) in [5, 5.41) is 0. The maximum atomic E-state index is 12.6. The molecule has 0 bridgehead atoms. The van der Waals surface area contributed by atoms with Crippen LogP contribution in [0.5, 0.6) is 0 Å². The molecule has 0 N–H and O–H groups in total. The van der Waals surface area contributed by atoms with Crippen LogP contribution in [0.1, 0.15) is 22.5 Å². The first-order chi connectivity index (χ1) is 6.06. The van der Waals surface area contributed by atoms with Gasteiger partial charge in [0, 0.05) is 5.56 Å². The number of alkyl halides is 2. The molecule has 0 radical (unpaired) electrons. The molecule has 0 saturated carbocycles. The summed E-state index contributed by atoms with van der Waals surface area (Å²) in [6.45, 7) is 0. The maximum absolute atomic E-state index is 12.6. The number of pyridine rings is 1. The Kier molecular flexibility index (Phi) is 3.02. The zero-order valence-corrected chi connectivity index (χ0v) is 7.69. The van der Waals surface area contributed by atoms with E-state index in [0.29, 0.717) is 0 Å². The molecule has 70 valence electrons. The van der Waals surface area contributed by atoms with Crippen LogP contribution in [0.4, 0.5) is 13.2 Å². The van der Waals surface area contributed by atoms with Crippen LogP contribution in [0.3, 0.4) is 0 Å². The third kappa shape index (κ3) is 2.06. The number of carbonyl (C=O) groups is 1. The summed E-state index contributed by atoms with van der Waals surface area (Å²) < 4.78 is 36.8. The summed E-state index contributed by atoms with van der Waals surface area (Å²) in [6, 6.07) is 0.969. The molecule has 6 heteroatoms. The molecule has 0 amide bonds. The molecule has 0 saturated heterocycles. The number of rotatable bonds is 2. The van der Waals surface area contributed by atoms with Gasteiger partial charge in [-0.1, -0.05) is 0 Å². The van der Waals surface area contributed by atoms with E-state index in [2.05, 4.69) is 20.9 Å². The molecule has 0 aromatic carbocycles. The summed E-state index contributed by atoms with van der Waals surface area (Å²) in [5.41, 5.74) is -1.15. The van der Waals surface area contributed by atoms with Gasteiger partial charge in [0.25, 0.3) is 6.43 Å². The molecule has 0 unspecified atom stereocenters. The van der Waals surface area contributed by atoms with E-state index in [9.17, 15) is 18.0 Å². The average molecular weight is 254 g/mol. The fraction of sp³-hybridized carbons (Fsp3) is 0.143. The lowest BCUT2D eigenvalue weighted by atomic mass is 10.2. The van der Waals surface area contributed by atoms with Gasteiger partial charge in [-0.3, -0.25) is 4.79 Å². The van der Waals surface area contributed by atoms with Crippen LogP contribution < -0.4 is 0 Å². The molecule has 2 nitrogen and oxygen atoms in total. The molecule has 13 heavy (non-hydrogen) atoms. The molecule has 1 heterocycles. The van der Waals surface area contributed by atoms with Gasteiger partial charge < -0.3 is 0 Å². The smallest absolute Gasteiger partial charge is 0.281 e. The minimum absolute atomic E-state index is 0.112. The lowest BCUT2D eigenvalue weighted by Crippen LogP contribution is -2.00. The number of aromatic nitrogens is 1. The first-order valence-corrected chi connectivity index (χ1v) is 3.95. The van der Waals surface area contributed by atoms with Crippen molar-refractivity contribution < 1.29 is 18.0 Å². The van der Waals surface area contributed by atoms with Crippen molar-refractivity contribution in [3.05, 3.63) is 27.7 Å². The van der Waals surface area contributed by atoms with E-state index in [0.717, 1.165) is 6.07 Å². The second kappa shape index (κ2) is 3.87. The van der Waals surface area contributed by atoms with E-state index in [1.54, 1.807) is 0 Å². The van der Waals surface area contributed by atoms with Gasteiger partial charge in [0.05, 0.1) is 4.47 Å². The number of halogens is 4. The number of hydrogen-bond acceptors (Lipinski definition) is 2. The molecule has 0 atom stereocenters. The van der Waals surface area contributed by atoms with Crippen LogP contribution in [0.15, 0.2) is 10.5 Å². The topological polar surface area (TPSA) is 30.0 Å². The van der Waals surface area contributed by atoms with Gasteiger partial charge >= 0.3 is 0 Å². The Bertz CT molecular complexity index is 343. The second-order valence-electron chi connectivity index (χ2n) is 2.15. The molecular weight excluding hydrogens is 251 g/mol. The number of nitrogens with zero attached hydrogens (tertiary/aromatic N) is 1. The van der Waals surface area contributed by atoms with Crippen molar-refractivity contribution in [2.45, 2.75) is 6.43 Å². The zero-order chi connectivity index (χ0) is 10.0. The Morgan fingerprint density at radius 1 is 1.54 bits per heavy atom. The third-order valence-corrected chi connectivity index (χ3v) is 1.88. The quantitative estimate of drug-likeness (QED) is 0.600. The van der Waals surface area contributed by atoms with Crippen molar-refractivity contribution in [3.8, 4) is 0 Å². The predicted octanol–water partition coefficient (Wildman–Crippen LogP) is 2.73. The van der Waals surface area contributed by atoms with Gasteiger partial charge in [0.1, 0.15) is 5.69 Å². The van der Waals surface area contributed by atoms with Crippen molar-refractivity contribution in [2.24, 2.45) is 0 Å². The van der Waals surface area contributed by atoms with E-state index < -0.39 is 18.1 Å². The lowest BCUT2D eigenvalue weighted by Gasteiger charge is -2.03. The molecule has 0 aliphatic carbocycles. The Balaban J connectivity index is 3.32. The highest BCUT2D eigenvalue weighted by Gasteiger charge is 2.17. The van der Waals surface area contributed by atoms with Gasteiger partial charge in [-0.15, -0.1) is 0 Å². The van der Waals surface area contributed by atoms with Crippen molar-refractivity contribution >= 4 is 22.2 Å². The molecule has 1 aromatic rings. The predicted molar refractivity (Wildman–Crippen MR) is 42.2 cm³/mol. The Hall–Kier alpha value is -0.910. The Labute approximate surface area is 79.9 Å². The number of carbonyl (C=O) groups excluding carboxylic acids is 1. The fourth-order valence-corrected chi connectivity index (χ4v) is 1.10. The molecule has 0 aliphatic rings. The van der Waals surface area contributed by atoms with Crippen molar-refractivity contribution in [2.75, 3.05) is 0 Å². The van der Waals surface area contributed by atoms with Gasteiger partial charge in [-0.05, 0) is 22.0 Å². The van der Waals surface area contributed by atoms with Gasteiger partial charge in [0.15, 0.2) is 6.29 Å². The monoisotopic (exact) mass is 253 g/mol. The first-order valence-electron chi connectivity index (χ1n) is 3.15. The Morgan fingerprint density at radius 2 is 2.15 bits per heavy atom. The van der Waals surface area contributed by atoms with E-state index in [4.69, 9.17) is 0 Å². The van der Waals surface area contributed by atoms with Gasteiger partial charge in [-0.25, -0.2) is 13.8 Å². The highest BCUT2D eigenvalue weighted by atomic mass is 79.9. The molecule has 0 aliphatic heterocycles. The van der Waals surface area contributed by atoms with Crippen LogP contribution in [-0.2, 0) is 0 Å². The average Bonchev–Trinajstić information content (AvgIpc) is 2.08. The molecule has 0 fully saturated rings. The van der Waals surface area contributed by atoms with Crippen LogP contribution >= 0.6 is 15.9 Å². The summed E-state index contributed by atoms with van der Waals surface area (Å²) in [5.74, 6) is -1.05. The van der Waals surface area contributed by atoms with Crippen molar-refractivity contribution in [1.29, 1.82) is 0 Å². The molecule has 1 aromatic heterocycles. The van der Waals surface area contributed by atoms with Crippen molar-refractivity contribution in [3.63, 3.8) is 0 Å². The lowest BCUT2D eigenvalue weighted by molar-refractivity contribution is 0.110. The minimum atomic E-state index is -2.96. The van der Waals surface area contributed by atoms with Crippen LogP contribution in [-0.4, -0.2) is 11.3 Å². The highest BCUT2D eigenvalue weighted by molar-refractivity contribution is 9.10. The fourth-order valence-electron chi connectivity index (χ4n) is 0.763. The van der Waals surface area contributed by atoms with E-state index in [-0.39, 0.29) is 16.3 Å². The van der Waals surface area contributed by atoms with E-state index in [1.165, 1.54) is 0 Å². The number of hydrogen-bond donors (Lipinski definition) is 0. The largest absolute Gasteiger partial charge is 0.298 e. The highest BCUT2D eigenvalue weighted by Crippen LogP contribution is 2.24. The molecule has 1 rings (SSSR count). The molecule has 0 spiro atoms. The Morgan fingerprint density at radius 3 is 2.62 bits per heavy atom. The van der Waals surface area contributed by atoms with Gasteiger partial charge in [-0.2, -0.15) is 4.39 Å². The second-order valence-corrected chi connectivity index (χ2v) is 3.01. The van der Waals surface area contributed by atoms with Crippen LogP contribution in [0.25, 0.3) is 0 Å². The maximum Gasteiger partial charge on any atom is 0.281 e. The van der Waals surface area contributed by atoms with Crippen LogP contribution in [0.2, 0.25) is 0 Å². The summed E-state index contributed by atoms with van der Waals surface area (Å²) in [4.78, 5) is 13.2. The SMILES string of the molecule is O=Cc1cc(Br)c(F)nc1C(F)F. The summed E-state index contributed by atoms with van der Waals surface area (Å²) in [6.07, 6.45) is -2.75. The number of aldehydes is 1. The normalized spacial score (nSPS) is 10.5.